The lowest BCUT2D eigenvalue weighted by Gasteiger charge is -2.22. The molecule has 0 bridgehead atoms. The highest BCUT2D eigenvalue weighted by molar-refractivity contribution is 5.91. The fourth-order valence-electron chi connectivity index (χ4n) is 4.48. The van der Waals surface area contributed by atoms with Crippen molar-refractivity contribution in [3.05, 3.63) is 65.7 Å². The van der Waals surface area contributed by atoms with Crippen LogP contribution >= 0.6 is 0 Å². The van der Waals surface area contributed by atoms with Crippen LogP contribution in [0.2, 0.25) is 0 Å². The first-order valence-corrected chi connectivity index (χ1v) is 13.6. The van der Waals surface area contributed by atoms with E-state index in [2.05, 4.69) is 28.1 Å². The zero-order valence-corrected chi connectivity index (χ0v) is 22.7. The van der Waals surface area contributed by atoms with Crippen LogP contribution in [0.1, 0.15) is 49.3 Å². The van der Waals surface area contributed by atoms with Crippen molar-refractivity contribution in [1.29, 1.82) is 0 Å². The Balaban J connectivity index is 1.60. The molecule has 1 saturated heterocycles. The number of benzene rings is 2. The topological polar surface area (TPSA) is 91.9 Å². The Morgan fingerprint density at radius 3 is 2.45 bits per heavy atom. The molecule has 1 atom stereocenters. The molecule has 1 fully saturated rings. The number of ether oxygens (including phenoxy) is 2. The highest BCUT2D eigenvalue weighted by atomic mass is 16.5. The van der Waals surface area contributed by atoms with E-state index in [0.29, 0.717) is 44.0 Å². The molecule has 3 N–H and O–H groups in total. The van der Waals surface area contributed by atoms with Gasteiger partial charge < -0.3 is 30.3 Å². The average Bonchev–Trinajstić information content (AvgIpc) is 2.95. The predicted octanol–water partition coefficient (Wildman–Crippen LogP) is 3.55. The summed E-state index contributed by atoms with van der Waals surface area (Å²) in [5.41, 5.74) is 1.98. The van der Waals surface area contributed by atoms with Crippen LogP contribution in [0.4, 0.5) is 0 Å². The standard InChI is InChI=1S/C30H42N4O4/c1-37-27-14-12-24(22-28(27)38-2)13-15-30(36)34-20-7-6-16-31-17-8-18-32-26(25-10-4-3-5-11-25)23-29(35)33-19-9-21-34/h3-5,10-15,22,26,31-32H,6-9,16-21,23H2,1-2H3,(H,33,35)/t26-/m0/s1. The minimum atomic E-state index is -0.0367. The summed E-state index contributed by atoms with van der Waals surface area (Å²) in [6.45, 7) is 4.48. The van der Waals surface area contributed by atoms with Crippen LogP contribution in [0.15, 0.2) is 54.6 Å². The van der Waals surface area contributed by atoms with Crippen molar-refractivity contribution < 1.29 is 19.1 Å². The van der Waals surface area contributed by atoms with Crippen molar-refractivity contribution in [2.45, 2.75) is 38.1 Å². The van der Waals surface area contributed by atoms with Gasteiger partial charge in [0.2, 0.25) is 11.8 Å². The zero-order valence-electron chi connectivity index (χ0n) is 22.7. The molecule has 8 heteroatoms. The fourth-order valence-corrected chi connectivity index (χ4v) is 4.48. The van der Waals surface area contributed by atoms with E-state index in [9.17, 15) is 9.59 Å². The van der Waals surface area contributed by atoms with E-state index in [-0.39, 0.29) is 17.9 Å². The van der Waals surface area contributed by atoms with E-state index in [1.165, 1.54) is 0 Å². The lowest BCUT2D eigenvalue weighted by molar-refractivity contribution is -0.126. The monoisotopic (exact) mass is 522 g/mol. The third-order valence-electron chi connectivity index (χ3n) is 6.61. The molecule has 0 unspecified atom stereocenters. The van der Waals surface area contributed by atoms with Gasteiger partial charge in [0.05, 0.1) is 14.2 Å². The van der Waals surface area contributed by atoms with Gasteiger partial charge in [-0.15, -0.1) is 0 Å². The first-order valence-electron chi connectivity index (χ1n) is 13.6. The molecule has 1 aliphatic rings. The van der Waals surface area contributed by atoms with Crippen molar-refractivity contribution in [2.75, 3.05) is 53.5 Å². The molecule has 38 heavy (non-hydrogen) atoms. The number of nitrogens with zero attached hydrogens (tertiary/aromatic N) is 1. The summed E-state index contributed by atoms with van der Waals surface area (Å²) in [6.07, 6.45) is 7.39. The smallest absolute Gasteiger partial charge is 0.246 e. The molecule has 2 aromatic rings. The predicted molar refractivity (Wildman–Crippen MR) is 151 cm³/mol. The van der Waals surface area contributed by atoms with E-state index >= 15 is 0 Å². The minimum Gasteiger partial charge on any atom is -0.493 e. The Hall–Kier alpha value is -3.36. The summed E-state index contributed by atoms with van der Waals surface area (Å²) in [6, 6.07) is 15.7. The molecule has 2 amide bonds. The van der Waals surface area contributed by atoms with Crippen molar-refractivity contribution in [1.82, 2.24) is 20.9 Å². The summed E-state index contributed by atoms with van der Waals surface area (Å²) in [4.78, 5) is 27.7. The molecule has 0 spiro atoms. The fraction of sp³-hybridized carbons (Fsp3) is 0.467. The van der Waals surface area contributed by atoms with Gasteiger partial charge in [0.15, 0.2) is 11.5 Å². The second kappa shape index (κ2) is 16.5. The van der Waals surface area contributed by atoms with Gasteiger partial charge in [-0.05, 0) is 74.7 Å². The van der Waals surface area contributed by atoms with Gasteiger partial charge >= 0.3 is 0 Å². The molecule has 2 aromatic carbocycles. The van der Waals surface area contributed by atoms with Crippen LogP contribution in [0.5, 0.6) is 11.5 Å². The number of carbonyl (C=O) groups excluding carboxylic acids is 2. The molecule has 8 nitrogen and oxygen atoms in total. The van der Waals surface area contributed by atoms with Gasteiger partial charge in [0.1, 0.15) is 0 Å². The van der Waals surface area contributed by atoms with Crippen molar-refractivity contribution in [3.63, 3.8) is 0 Å². The van der Waals surface area contributed by atoms with Crippen LogP contribution in [-0.2, 0) is 9.59 Å². The minimum absolute atomic E-state index is 0.0139. The van der Waals surface area contributed by atoms with E-state index in [0.717, 1.165) is 50.0 Å². The molecular formula is C30H42N4O4. The second-order valence-electron chi connectivity index (χ2n) is 9.41. The molecule has 0 saturated carbocycles. The van der Waals surface area contributed by atoms with Crippen LogP contribution in [-0.4, -0.2) is 70.2 Å². The lowest BCUT2D eigenvalue weighted by atomic mass is 10.0. The SMILES string of the molecule is COc1ccc(C=CC(=O)N2CCCCNCCCN[C@H](c3ccccc3)CC(=O)NCCC2)cc1OC. The molecule has 0 radical (unpaired) electrons. The normalized spacial score (nSPS) is 18.9. The van der Waals surface area contributed by atoms with Crippen molar-refractivity contribution >= 4 is 17.9 Å². The number of carbonyl (C=O) groups is 2. The average molecular weight is 523 g/mol. The summed E-state index contributed by atoms with van der Waals surface area (Å²) in [5.74, 6) is 1.25. The van der Waals surface area contributed by atoms with Crippen molar-refractivity contribution in [3.8, 4) is 11.5 Å². The van der Waals surface area contributed by atoms with Crippen LogP contribution < -0.4 is 25.4 Å². The summed E-state index contributed by atoms with van der Waals surface area (Å²) >= 11 is 0. The number of rotatable bonds is 5. The van der Waals surface area contributed by atoms with Crippen LogP contribution in [0.3, 0.4) is 0 Å². The summed E-state index contributed by atoms with van der Waals surface area (Å²) in [7, 11) is 3.19. The van der Waals surface area contributed by atoms with E-state index in [1.807, 2.05) is 41.3 Å². The first-order chi connectivity index (χ1) is 18.6. The van der Waals surface area contributed by atoms with Gasteiger partial charge in [-0.1, -0.05) is 36.4 Å². The third kappa shape index (κ3) is 9.84. The Bertz CT molecular complexity index is 1030. The molecule has 206 valence electrons. The number of nitrogens with one attached hydrogen (secondary N) is 3. The second-order valence-corrected chi connectivity index (χ2v) is 9.41. The molecular weight excluding hydrogens is 480 g/mol. The van der Waals surface area contributed by atoms with Gasteiger partial charge in [-0.25, -0.2) is 0 Å². The van der Waals surface area contributed by atoms with Gasteiger partial charge in [-0.2, -0.15) is 0 Å². The van der Waals surface area contributed by atoms with Crippen LogP contribution in [0.25, 0.3) is 6.08 Å². The summed E-state index contributed by atoms with van der Waals surface area (Å²) in [5, 5.41) is 10.1. The maximum atomic E-state index is 13.1. The number of hydrogen-bond donors (Lipinski definition) is 3. The van der Waals surface area contributed by atoms with Crippen LogP contribution in [0, 0.1) is 0 Å². The molecule has 1 heterocycles. The van der Waals surface area contributed by atoms with E-state index in [4.69, 9.17) is 9.47 Å². The Kier molecular flexibility index (Phi) is 12.7. The highest BCUT2D eigenvalue weighted by Crippen LogP contribution is 2.28. The van der Waals surface area contributed by atoms with E-state index < -0.39 is 0 Å². The Morgan fingerprint density at radius 1 is 0.895 bits per heavy atom. The zero-order chi connectivity index (χ0) is 27.0. The third-order valence-corrected chi connectivity index (χ3v) is 6.61. The number of amides is 2. The number of hydrogen-bond acceptors (Lipinski definition) is 6. The van der Waals surface area contributed by atoms with Gasteiger partial charge in [0.25, 0.3) is 0 Å². The van der Waals surface area contributed by atoms with E-state index in [1.54, 1.807) is 26.4 Å². The number of methoxy groups -OCH3 is 2. The summed E-state index contributed by atoms with van der Waals surface area (Å²) < 4.78 is 10.7. The Labute approximate surface area is 226 Å². The first kappa shape index (κ1) is 29.2. The maximum absolute atomic E-state index is 13.1. The maximum Gasteiger partial charge on any atom is 0.246 e. The largest absolute Gasteiger partial charge is 0.493 e. The molecule has 1 aliphatic heterocycles. The van der Waals surface area contributed by atoms with Gasteiger partial charge in [0, 0.05) is 38.2 Å². The van der Waals surface area contributed by atoms with Crippen molar-refractivity contribution in [2.24, 2.45) is 0 Å². The Morgan fingerprint density at radius 2 is 1.66 bits per heavy atom. The van der Waals surface area contributed by atoms with Gasteiger partial charge in [-0.3, -0.25) is 9.59 Å². The lowest BCUT2D eigenvalue weighted by Crippen LogP contribution is -2.35. The molecule has 0 aliphatic carbocycles. The highest BCUT2D eigenvalue weighted by Gasteiger charge is 2.16. The molecule has 0 aromatic heterocycles. The quantitative estimate of drug-likeness (QED) is 0.521. The molecule has 3 rings (SSSR count).